The number of ether oxygens (including phenoxy) is 1. The summed E-state index contributed by atoms with van der Waals surface area (Å²) in [5.74, 6) is 0. The first-order valence-corrected chi connectivity index (χ1v) is 6.36. The van der Waals surface area contributed by atoms with Crippen LogP contribution in [0.4, 0.5) is 25.2 Å². The maximum atomic E-state index is 9.87. The molecule has 0 saturated heterocycles. The summed E-state index contributed by atoms with van der Waals surface area (Å²) in [5.41, 5.74) is 0. The molecule has 0 aliphatic heterocycles. The van der Waals surface area contributed by atoms with Gasteiger partial charge in [-0.05, 0) is 13.8 Å². The van der Waals surface area contributed by atoms with Crippen LogP contribution in [0.25, 0.3) is 0 Å². The Balaban J connectivity index is 0. The third-order valence-electron chi connectivity index (χ3n) is 1.86. The summed E-state index contributed by atoms with van der Waals surface area (Å²) < 4.78 is 65.2. The molecule has 0 amide bonds. The molecule has 0 aromatic carbocycles. The third-order valence-corrected chi connectivity index (χ3v) is 1.86. The summed E-state index contributed by atoms with van der Waals surface area (Å²) >= 11 is 0. The van der Waals surface area contributed by atoms with Crippen LogP contribution in [-0.4, -0.2) is 38.5 Å². The zero-order valence-electron chi connectivity index (χ0n) is 9.85. The van der Waals surface area contributed by atoms with Gasteiger partial charge in [-0.25, -0.2) is 0 Å². The number of nitrogens with zero attached hydrogens (tertiary/aromatic N) is 1. The molecule has 0 saturated carbocycles. The SMILES string of the molecule is COC[N+](C)(C)C(C)C.F[P-](F)(F)(F)(F)F. The van der Waals surface area contributed by atoms with Crippen molar-refractivity contribution >= 4 is 7.81 Å². The van der Waals surface area contributed by atoms with Crippen LogP contribution in [0.3, 0.4) is 0 Å². The van der Waals surface area contributed by atoms with Gasteiger partial charge in [0.25, 0.3) is 0 Å². The Labute approximate surface area is 91.0 Å². The van der Waals surface area contributed by atoms with E-state index in [0.717, 1.165) is 11.2 Å². The van der Waals surface area contributed by atoms with Crippen LogP contribution in [0.15, 0.2) is 0 Å². The van der Waals surface area contributed by atoms with Crippen molar-refractivity contribution in [1.82, 2.24) is 0 Å². The van der Waals surface area contributed by atoms with E-state index in [1.807, 2.05) is 0 Å². The van der Waals surface area contributed by atoms with E-state index < -0.39 is 7.81 Å². The molecule has 16 heavy (non-hydrogen) atoms. The molecule has 0 rings (SSSR count). The number of halogens is 6. The number of rotatable bonds is 3. The van der Waals surface area contributed by atoms with Gasteiger partial charge in [-0.1, -0.05) is 0 Å². The first kappa shape index (κ1) is 18.3. The molecule has 0 aliphatic carbocycles. The molecule has 2 nitrogen and oxygen atoms in total. The van der Waals surface area contributed by atoms with Crippen molar-refractivity contribution in [2.45, 2.75) is 19.9 Å². The van der Waals surface area contributed by atoms with Crippen molar-refractivity contribution in [2.75, 3.05) is 27.9 Å². The van der Waals surface area contributed by atoms with Gasteiger partial charge in [0.15, 0.2) is 6.73 Å². The van der Waals surface area contributed by atoms with Gasteiger partial charge in [0.05, 0.1) is 20.1 Å². The van der Waals surface area contributed by atoms with Crippen LogP contribution in [-0.2, 0) is 4.74 Å². The summed E-state index contributed by atoms with van der Waals surface area (Å²) in [4.78, 5) is 0. The topological polar surface area (TPSA) is 9.23 Å². The van der Waals surface area contributed by atoms with Crippen LogP contribution >= 0.6 is 7.81 Å². The summed E-state index contributed by atoms with van der Waals surface area (Å²) in [5, 5.41) is 0. The van der Waals surface area contributed by atoms with Gasteiger partial charge in [-0.3, -0.25) is 0 Å². The zero-order chi connectivity index (χ0) is 13.9. The van der Waals surface area contributed by atoms with Crippen molar-refractivity contribution in [3.63, 3.8) is 0 Å². The van der Waals surface area contributed by atoms with Crippen molar-refractivity contribution in [2.24, 2.45) is 0 Å². The Hall–Kier alpha value is -0.0700. The number of hydrogen-bond acceptors (Lipinski definition) is 1. The first-order chi connectivity index (χ1) is 6.45. The number of methoxy groups -OCH3 is 1. The van der Waals surface area contributed by atoms with Crippen molar-refractivity contribution in [3.8, 4) is 0 Å². The molecule has 0 atom stereocenters. The average molecular weight is 277 g/mol. The van der Waals surface area contributed by atoms with Crippen LogP contribution < -0.4 is 0 Å². The minimum atomic E-state index is -10.7. The number of hydrogen-bond donors (Lipinski definition) is 0. The molecule has 0 spiro atoms. The Morgan fingerprint density at radius 1 is 1.00 bits per heavy atom. The van der Waals surface area contributed by atoms with Crippen LogP contribution in [0.1, 0.15) is 13.8 Å². The van der Waals surface area contributed by atoms with Gasteiger partial charge in [-0.2, -0.15) is 0 Å². The van der Waals surface area contributed by atoms with E-state index in [1.165, 1.54) is 0 Å². The predicted molar refractivity (Wildman–Crippen MR) is 52.7 cm³/mol. The van der Waals surface area contributed by atoms with Gasteiger partial charge < -0.3 is 9.22 Å². The van der Waals surface area contributed by atoms with E-state index in [0.29, 0.717) is 6.04 Å². The van der Waals surface area contributed by atoms with Crippen molar-refractivity contribution < 1.29 is 34.4 Å². The fourth-order valence-corrected chi connectivity index (χ4v) is 0.482. The molecule has 0 aliphatic rings. The average Bonchev–Trinajstić information content (AvgIpc) is 1.78. The van der Waals surface area contributed by atoms with E-state index in [1.54, 1.807) is 7.11 Å². The second-order valence-electron chi connectivity index (χ2n) is 4.25. The summed E-state index contributed by atoms with van der Waals surface area (Å²) in [6.45, 7) is 5.18. The molecule has 0 fully saturated rings. The molecule has 104 valence electrons. The Bertz CT molecular complexity index is 209. The summed E-state index contributed by atoms with van der Waals surface area (Å²) in [6, 6.07) is 0.630. The van der Waals surface area contributed by atoms with Gasteiger partial charge in [0.1, 0.15) is 0 Å². The van der Waals surface area contributed by atoms with Crippen LogP contribution in [0.5, 0.6) is 0 Å². The minimum absolute atomic E-state index is 0.630. The van der Waals surface area contributed by atoms with Crippen molar-refractivity contribution in [3.05, 3.63) is 0 Å². The summed E-state index contributed by atoms with van der Waals surface area (Å²) in [6.07, 6.45) is 0. The molecule has 9 heteroatoms. The summed E-state index contributed by atoms with van der Waals surface area (Å²) in [7, 11) is -4.60. The fourth-order valence-electron chi connectivity index (χ4n) is 0.482. The van der Waals surface area contributed by atoms with Gasteiger partial charge in [0, 0.05) is 7.11 Å². The normalized spacial score (nSPS) is 17.2. The van der Waals surface area contributed by atoms with Crippen LogP contribution in [0.2, 0.25) is 0 Å². The molecule has 0 bridgehead atoms. The third kappa shape index (κ3) is 23.6. The standard InChI is InChI=1S/C7H18NO.F6P/c1-7(2)8(3,4)6-9-5;1-7(2,3,4,5)6/h7H,6H2,1-5H3;/q+1;-1. The van der Waals surface area contributed by atoms with E-state index in [2.05, 4.69) is 27.9 Å². The predicted octanol–water partition coefficient (Wildman–Crippen LogP) is 4.46. The fraction of sp³-hybridized carbons (Fsp3) is 1.00. The monoisotopic (exact) mass is 277 g/mol. The van der Waals surface area contributed by atoms with Crippen molar-refractivity contribution in [1.29, 1.82) is 0 Å². The zero-order valence-corrected chi connectivity index (χ0v) is 10.7. The molecule has 0 unspecified atom stereocenters. The molecule has 0 N–H and O–H groups in total. The molecule has 0 heterocycles. The van der Waals surface area contributed by atoms with E-state index in [4.69, 9.17) is 4.74 Å². The second kappa shape index (κ2) is 4.31. The van der Waals surface area contributed by atoms with Gasteiger partial charge >= 0.3 is 33.0 Å². The number of quaternary nitrogens is 1. The second-order valence-corrected chi connectivity index (χ2v) is 6.17. The van der Waals surface area contributed by atoms with E-state index in [9.17, 15) is 25.2 Å². The van der Waals surface area contributed by atoms with Gasteiger partial charge in [-0.15, -0.1) is 0 Å². The molecule has 0 radical (unpaired) electrons. The van der Waals surface area contributed by atoms with Crippen LogP contribution in [0, 0.1) is 0 Å². The first-order valence-electron chi connectivity index (χ1n) is 4.33. The Morgan fingerprint density at radius 3 is 1.31 bits per heavy atom. The quantitative estimate of drug-likeness (QED) is 0.320. The molecular formula is C7H18F6NOP. The maximum absolute atomic E-state index is 10.7. The van der Waals surface area contributed by atoms with Gasteiger partial charge in [0.2, 0.25) is 0 Å². The van der Waals surface area contributed by atoms with E-state index in [-0.39, 0.29) is 0 Å². The Kier molecular flexibility index (Phi) is 4.93. The Morgan fingerprint density at radius 2 is 1.25 bits per heavy atom. The molecule has 0 aromatic rings. The van der Waals surface area contributed by atoms with E-state index >= 15 is 0 Å². The molecule has 0 aromatic heterocycles. The molecular weight excluding hydrogens is 259 g/mol.